The van der Waals surface area contributed by atoms with Crippen molar-refractivity contribution in [3.63, 3.8) is 0 Å². The number of hydrogen-bond acceptors (Lipinski definition) is 5. The van der Waals surface area contributed by atoms with Gasteiger partial charge in [-0.1, -0.05) is 0 Å². The predicted octanol–water partition coefficient (Wildman–Crippen LogP) is 1.62. The maximum Gasteiger partial charge on any atom is 0.270 e. The number of nitrogens with zero attached hydrogens (tertiary/aromatic N) is 1. The van der Waals surface area contributed by atoms with Crippen LogP contribution in [0.3, 0.4) is 0 Å². The highest BCUT2D eigenvalue weighted by Crippen LogP contribution is 2.28. The number of benzene rings is 1. The minimum atomic E-state index is -0.513. The van der Waals surface area contributed by atoms with Crippen LogP contribution in [0.2, 0.25) is 0 Å². The lowest BCUT2D eigenvalue weighted by Crippen LogP contribution is -2.48. The van der Waals surface area contributed by atoms with E-state index >= 15 is 0 Å². The highest BCUT2D eigenvalue weighted by atomic mass is 16.6. The fourth-order valence-electron chi connectivity index (χ4n) is 3.43. The maximum atomic E-state index is 12.5. The average molecular weight is 305 g/mol. The maximum absolute atomic E-state index is 12.5. The van der Waals surface area contributed by atoms with Crippen molar-refractivity contribution in [3.8, 4) is 5.75 Å². The SMILES string of the molecule is COc1ccc([N+](=O)[O-])cc1C(=O)NC1CC2CCC(C1)N2. The van der Waals surface area contributed by atoms with E-state index < -0.39 is 4.92 Å². The van der Waals surface area contributed by atoms with Crippen LogP contribution in [0.4, 0.5) is 5.69 Å². The van der Waals surface area contributed by atoms with Crippen molar-refractivity contribution in [2.24, 2.45) is 0 Å². The summed E-state index contributed by atoms with van der Waals surface area (Å²) in [6.45, 7) is 0. The molecule has 1 aromatic carbocycles. The van der Waals surface area contributed by atoms with Crippen LogP contribution < -0.4 is 15.4 Å². The number of methoxy groups -OCH3 is 1. The van der Waals surface area contributed by atoms with Crippen LogP contribution in [-0.4, -0.2) is 36.1 Å². The first kappa shape index (κ1) is 14.8. The van der Waals surface area contributed by atoms with E-state index in [4.69, 9.17) is 4.74 Å². The first-order valence-electron chi connectivity index (χ1n) is 7.46. The molecule has 0 aliphatic carbocycles. The van der Waals surface area contributed by atoms with E-state index in [0.29, 0.717) is 17.8 Å². The van der Waals surface area contributed by atoms with Gasteiger partial charge < -0.3 is 15.4 Å². The van der Waals surface area contributed by atoms with E-state index in [0.717, 1.165) is 25.7 Å². The normalized spacial score (nSPS) is 26.5. The Bertz CT molecular complexity index is 592. The molecule has 3 rings (SSSR count). The summed E-state index contributed by atoms with van der Waals surface area (Å²) < 4.78 is 5.15. The van der Waals surface area contributed by atoms with Gasteiger partial charge in [-0.15, -0.1) is 0 Å². The Morgan fingerprint density at radius 3 is 2.64 bits per heavy atom. The molecule has 2 aliphatic heterocycles. The number of amides is 1. The Morgan fingerprint density at radius 2 is 2.05 bits per heavy atom. The summed E-state index contributed by atoms with van der Waals surface area (Å²) in [5.74, 6) is 0.0341. The van der Waals surface area contributed by atoms with E-state index in [1.165, 1.54) is 25.3 Å². The van der Waals surface area contributed by atoms with Crippen LogP contribution in [-0.2, 0) is 0 Å². The fraction of sp³-hybridized carbons (Fsp3) is 0.533. The number of hydrogen-bond donors (Lipinski definition) is 2. The van der Waals surface area contributed by atoms with E-state index in [9.17, 15) is 14.9 Å². The van der Waals surface area contributed by atoms with Gasteiger partial charge in [-0.25, -0.2) is 0 Å². The highest BCUT2D eigenvalue weighted by Gasteiger charge is 2.34. The van der Waals surface area contributed by atoms with Gasteiger partial charge in [-0.05, 0) is 31.7 Å². The summed E-state index contributed by atoms with van der Waals surface area (Å²) in [6.07, 6.45) is 4.10. The Kier molecular flexibility index (Phi) is 3.98. The van der Waals surface area contributed by atoms with Crippen molar-refractivity contribution in [1.29, 1.82) is 0 Å². The lowest BCUT2D eigenvalue weighted by Gasteiger charge is -2.29. The van der Waals surface area contributed by atoms with Crippen LogP contribution in [0.25, 0.3) is 0 Å². The summed E-state index contributed by atoms with van der Waals surface area (Å²) in [5, 5.41) is 17.4. The lowest BCUT2D eigenvalue weighted by molar-refractivity contribution is -0.384. The van der Waals surface area contributed by atoms with Crippen molar-refractivity contribution in [1.82, 2.24) is 10.6 Å². The molecule has 118 valence electrons. The zero-order valence-electron chi connectivity index (χ0n) is 12.4. The molecule has 2 unspecified atom stereocenters. The van der Waals surface area contributed by atoms with Gasteiger partial charge in [0.2, 0.25) is 0 Å². The third kappa shape index (κ3) is 2.89. The molecule has 2 atom stereocenters. The molecule has 0 saturated carbocycles. The number of nitrogens with one attached hydrogen (secondary N) is 2. The Morgan fingerprint density at radius 1 is 1.36 bits per heavy atom. The standard InChI is InChI=1S/C15H19N3O4/c1-22-14-5-4-12(18(20)21)8-13(14)15(19)17-11-6-9-2-3-10(7-11)16-9/h4-5,8-11,16H,2-3,6-7H2,1H3,(H,17,19). The zero-order chi connectivity index (χ0) is 15.7. The van der Waals surface area contributed by atoms with Gasteiger partial charge in [0.15, 0.2) is 0 Å². The summed E-state index contributed by atoms with van der Waals surface area (Å²) in [7, 11) is 1.45. The molecule has 1 aromatic rings. The quantitative estimate of drug-likeness (QED) is 0.651. The Labute approximate surface area is 128 Å². The van der Waals surface area contributed by atoms with Crippen molar-refractivity contribution in [3.05, 3.63) is 33.9 Å². The number of non-ortho nitro benzene ring substituents is 1. The third-order valence-electron chi connectivity index (χ3n) is 4.45. The van der Waals surface area contributed by atoms with E-state index in [2.05, 4.69) is 10.6 Å². The Hall–Kier alpha value is -2.15. The van der Waals surface area contributed by atoms with Crippen LogP contribution in [0.5, 0.6) is 5.75 Å². The number of nitro groups is 1. The van der Waals surface area contributed by atoms with Crippen LogP contribution in [0, 0.1) is 10.1 Å². The van der Waals surface area contributed by atoms with Gasteiger partial charge in [0, 0.05) is 30.3 Å². The van der Waals surface area contributed by atoms with Crippen molar-refractivity contribution >= 4 is 11.6 Å². The Balaban J connectivity index is 1.76. The van der Waals surface area contributed by atoms with Crippen LogP contribution >= 0.6 is 0 Å². The fourth-order valence-corrected chi connectivity index (χ4v) is 3.43. The average Bonchev–Trinajstić information content (AvgIpc) is 2.85. The lowest BCUT2D eigenvalue weighted by atomic mass is 9.99. The van der Waals surface area contributed by atoms with Crippen LogP contribution in [0.15, 0.2) is 18.2 Å². The first-order chi connectivity index (χ1) is 10.6. The van der Waals surface area contributed by atoms with E-state index in [1.54, 1.807) is 0 Å². The molecule has 2 heterocycles. The van der Waals surface area contributed by atoms with Gasteiger partial charge in [-0.3, -0.25) is 14.9 Å². The van der Waals surface area contributed by atoms with Crippen molar-refractivity contribution in [2.75, 3.05) is 7.11 Å². The van der Waals surface area contributed by atoms with E-state index in [1.807, 2.05) is 0 Å². The van der Waals surface area contributed by atoms with Gasteiger partial charge >= 0.3 is 0 Å². The molecule has 2 aliphatic rings. The van der Waals surface area contributed by atoms with Gasteiger partial charge in [-0.2, -0.15) is 0 Å². The highest BCUT2D eigenvalue weighted by molar-refractivity contribution is 5.97. The second-order valence-electron chi connectivity index (χ2n) is 5.92. The molecule has 2 fully saturated rings. The minimum absolute atomic E-state index is 0.107. The van der Waals surface area contributed by atoms with E-state index in [-0.39, 0.29) is 23.2 Å². The molecule has 1 amide bonds. The smallest absolute Gasteiger partial charge is 0.270 e. The monoisotopic (exact) mass is 305 g/mol. The van der Waals surface area contributed by atoms with Gasteiger partial charge in [0.1, 0.15) is 5.75 Å². The van der Waals surface area contributed by atoms with Crippen molar-refractivity contribution < 1.29 is 14.5 Å². The number of nitro benzene ring substituents is 1. The zero-order valence-corrected chi connectivity index (χ0v) is 12.4. The van der Waals surface area contributed by atoms with Gasteiger partial charge in [0.05, 0.1) is 17.6 Å². The number of piperidine rings is 1. The number of fused-ring (bicyclic) bond motifs is 2. The molecule has 0 spiro atoms. The molecular formula is C15H19N3O4. The summed E-state index contributed by atoms with van der Waals surface area (Å²) >= 11 is 0. The summed E-state index contributed by atoms with van der Waals surface area (Å²) in [4.78, 5) is 22.8. The second-order valence-corrected chi connectivity index (χ2v) is 5.92. The molecular weight excluding hydrogens is 286 g/mol. The minimum Gasteiger partial charge on any atom is -0.496 e. The number of rotatable bonds is 4. The van der Waals surface area contributed by atoms with Crippen LogP contribution in [0.1, 0.15) is 36.0 Å². The summed E-state index contributed by atoms with van der Waals surface area (Å²) in [6, 6.07) is 5.10. The largest absolute Gasteiger partial charge is 0.496 e. The molecule has 0 radical (unpaired) electrons. The molecule has 0 aromatic heterocycles. The number of carbonyl (C=O) groups is 1. The molecule has 2 saturated heterocycles. The van der Waals surface area contributed by atoms with Crippen molar-refractivity contribution in [2.45, 2.75) is 43.8 Å². The number of ether oxygens (including phenoxy) is 1. The molecule has 2 bridgehead atoms. The topological polar surface area (TPSA) is 93.5 Å². The second kappa shape index (κ2) is 5.92. The molecule has 7 nitrogen and oxygen atoms in total. The molecule has 2 N–H and O–H groups in total. The first-order valence-corrected chi connectivity index (χ1v) is 7.46. The number of carbonyl (C=O) groups excluding carboxylic acids is 1. The van der Waals surface area contributed by atoms with Gasteiger partial charge in [0.25, 0.3) is 11.6 Å². The molecule has 22 heavy (non-hydrogen) atoms. The third-order valence-corrected chi connectivity index (χ3v) is 4.45. The molecule has 7 heteroatoms. The summed E-state index contributed by atoms with van der Waals surface area (Å²) in [5.41, 5.74) is 0.0962. The predicted molar refractivity (Wildman–Crippen MR) is 80.1 cm³/mol.